The second kappa shape index (κ2) is 11.5. The summed E-state index contributed by atoms with van der Waals surface area (Å²) in [6.07, 6.45) is 1.48. The van der Waals surface area contributed by atoms with Crippen LogP contribution in [0.3, 0.4) is 0 Å². The standard InChI is InChI=1S/C27H23ClN2O7S2/c1-16-6-4-5-7-19(16)15-30-26(32)24(38-27(30)33)14-18-12-22(28)25(23(13-18)36-3)37-39(34,35)21-10-8-20(9-11-21)29-17(2)31/h4-14H,15H2,1-3H3,(H,29,31)/b24-14-. The van der Waals surface area contributed by atoms with Gasteiger partial charge < -0.3 is 14.2 Å². The lowest BCUT2D eigenvalue weighted by molar-refractivity contribution is -0.123. The highest BCUT2D eigenvalue weighted by Gasteiger charge is 2.35. The van der Waals surface area contributed by atoms with E-state index in [1.807, 2.05) is 31.2 Å². The van der Waals surface area contributed by atoms with Gasteiger partial charge in [-0.05, 0) is 77.9 Å². The maximum atomic E-state index is 13.0. The number of ether oxygens (including phenoxy) is 1. The van der Waals surface area contributed by atoms with Crippen LogP contribution < -0.4 is 14.2 Å². The number of rotatable bonds is 8. The van der Waals surface area contributed by atoms with Gasteiger partial charge in [0.05, 0.1) is 23.6 Å². The second-order valence-electron chi connectivity index (χ2n) is 8.47. The molecule has 9 nitrogen and oxygen atoms in total. The van der Waals surface area contributed by atoms with Crippen molar-refractivity contribution < 1.29 is 31.7 Å². The number of nitrogens with zero attached hydrogens (tertiary/aromatic N) is 1. The van der Waals surface area contributed by atoms with Gasteiger partial charge in [-0.25, -0.2) is 0 Å². The number of benzene rings is 3. The molecule has 0 aliphatic carbocycles. The van der Waals surface area contributed by atoms with Crippen molar-refractivity contribution in [3.8, 4) is 11.5 Å². The maximum Gasteiger partial charge on any atom is 0.339 e. The highest BCUT2D eigenvalue weighted by molar-refractivity contribution is 8.18. The van der Waals surface area contributed by atoms with Gasteiger partial charge in [0.15, 0.2) is 5.75 Å². The smallest absolute Gasteiger partial charge is 0.339 e. The number of methoxy groups -OCH3 is 1. The van der Waals surface area contributed by atoms with Gasteiger partial charge in [0.2, 0.25) is 11.7 Å². The lowest BCUT2D eigenvalue weighted by atomic mass is 10.1. The van der Waals surface area contributed by atoms with E-state index in [1.165, 1.54) is 61.4 Å². The van der Waals surface area contributed by atoms with Gasteiger partial charge in [-0.15, -0.1) is 0 Å². The fourth-order valence-corrected chi connectivity index (χ4v) is 5.81. The number of imide groups is 1. The van der Waals surface area contributed by atoms with Gasteiger partial charge in [-0.3, -0.25) is 19.3 Å². The van der Waals surface area contributed by atoms with Crippen LogP contribution in [0, 0.1) is 6.92 Å². The summed E-state index contributed by atoms with van der Waals surface area (Å²) in [4.78, 5) is 38.0. The summed E-state index contributed by atoms with van der Waals surface area (Å²) in [6, 6.07) is 15.8. The van der Waals surface area contributed by atoms with Gasteiger partial charge in [-0.2, -0.15) is 8.42 Å². The van der Waals surface area contributed by atoms with Gasteiger partial charge >= 0.3 is 10.1 Å². The Bertz CT molecular complexity index is 1600. The first-order valence-corrected chi connectivity index (χ1v) is 14.1. The summed E-state index contributed by atoms with van der Waals surface area (Å²) in [5.41, 5.74) is 2.65. The first-order chi connectivity index (χ1) is 18.5. The van der Waals surface area contributed by atoms with Crippen molar-refractivity contribution in [1.82, 2.24) is 4.90 Å². The molecule has 0 aromatic heterocycles. The lowest BCUT2D eigenvalue weighted by Crippen LogP contribution is -2.27. The van der Waals surface area contributed by atoms with Gasteiger partial charge in [0.1, 0.15) is 4.90 Å². The van der Waals surface area contributed by atoms with E-state index >= 15 is 0 Å². The molecule has 0 saturated carbocycles. The van der Waals surface area contributed by atoms with Gasteiger partial charge in [0, 0.05) is 12.6 Å². The fourth-order valence-electron chi connectivity index (χ4n) is 3.72. The monoisotopic (exact) mass is 586 g/mol. The molecule has 1 fully saturated rings. The topological polar surface area (TPSA) is 119 Å². The number of aryl methyl sites for hydroxylation is 1. The third kappa shape index (κ3) is 6.44. The molecular weight excluding hydrogens is 564 g/mol. The Morgan fingerprint density at radius 3 is 2.44 bits per heavy atom. The molecule has 1 N–H and O–H groups in total. The van der Waals surface area contributed by atoms with E-state index in [0.717, 1.165) is 22.9 Å². The fraction of sp³-hybridized carbons (Fsp3) is 0.148. The predicted molar refractivity (Wildman–Crippen MR) is 149 cm³/mol. The molecule has 39 heavy (non-hydrogen) atoms. The van der Waals surface area contributed by atoms with Crippen molar-refractivity contribution in [3.63, 3.8) is 0 Å². The number of amides is 3. The predicted octanol–water partition coefficient (Wildman–Crippen LogP) is 5.62. The van der Waals surface area contributed by atoms with E-state index in [2.05, 4.69) is 5.32 Å². The van der Waals surface area contributed by atoms with Gasteiger partial charge in [0.25, 0.3) is 11.1 Å². The minimum atomic E-state index is -4.31. The average Bonchev–Trinajstić information content (AvgIpc) is 3.14. The highest BCUT2D eigenvalue weighted by atomic mass is 35.5. The van der Waals surface area contributed by atoms with Crippen LogP contribution in [-0.4, -0.2) is 37.5 Å². The Kier molecular flexibility index (Phi) is 8.34. The van der Waals surface area contributed by atoms with Crippen molar-refractivity contribution in [1.29, 1.82) is 0 Å². The normalized spacial score (nSPS) is 14.6. The number of nitrogens with one attached hydrogen (secondary N) is 1. The summed E-state index contributed by atoms with van der Waals surface area (Å²) in [7, 11) is -2.99. The number of carbonyl (C=O) groups excluding carboxylic acids is 3. The van der Waals surface area contributed by atoms with Crippen LogP contribution in [0.4, 0.5) is 10.5 Å². The van der Waals surface area contributed by atoms with Crippen LogP contribution in [0.2, 0.25) is 5.02 Å². The molecule has 0 spiro atoms. The molecule has 3 aromatic carbocycles. The number of halogens is 1. The Balaban J connectivity index is 1.57. The maximum absolute atomic E-state index is 13.0. The number of anilines is 1. The number of thioether (sulfide) groups is 1. The Morgan fingerprint density at radius 1 is 1.10 bits per heavy atom. The average molecular weight is 587 g/mol. The quantitative estimate of drug-likeness (QED) is 0.267. The van der Waals surface area contributed by atoms with Crippen LogP contribution >= 0.6 is 23.4 Å². The first-order valence-electron chi connectivity index (χ1n) is 11.5. The Morgan fingerprint density at radius 2 is 1.79 bits per heavy atom. The van der Waals surface area contributed by atoms with E-state index in [1.54, 1.807) is 0 Å². The van der Waals surface area contributed by atoms with Crippen molar-refractivity contribution in [3.05, 3.63) is 87.3 Å². The van der Waals surface area contributed by atoms with E-state index in [4.69, 9.17) is 20.5 Å². The molecule has 0 atom stereocenters. The molecule has 0 radical (unpaired) electrons. The molecule has 4 rings (SSSR count). The zero-order chi connectivity index (χ0) is 28.3. The Labute approximate surface area is 234 Å². The van der Waals surface area contributed by atoms with Crippen molar-refractivity contribution >= 4 is 62.3 Å². The molecule has 1 heterocycles. The van der Waals surface area contributed by atoms with Crippen LogP contribution in [0.5, 0.6) is 11.5 Å². The highest BCUT2D eigenvalue weighted by Crippen LogP contribution is 2.40. The van der Waals surface area contributed by atoms with Crippen molar-refractivity contribution in [2.75, 3.05) is 12.4 Å². The molecule has 1 aliphatic heterocycles. The zero-order valence-electron chi connectivity index (χ0n) is 21.1. The Hall–Kier alpha value is -3.80. The van der Waals surface area contributed by atoms with Crippen LogP contribution in [0.15, 0.2) is 70.5 Å². The SMILES string of the molecule is COc1cc(/C=C2\SC(=O)N(Cc3ccccc3C)C2=O)cc(Cl)c1OS(=O)(=O)c1ccc(NC(C)=O)cc1. The van der Waals surface area contributed by atoms with Crippen molar-refractivity contribution in [2.45, 2.75) is 25.3 Å². The first kappa shape index (κ1) is 28.2. The summed E-state index contributed by atoms with van der Waals surface area (Å²) >= 11 is 7.18. The van der Waals surface area contributed by atoms with Crippen molar-refractivity contribution in [2.24, 2.45) is 0 Å². The molecule has 0 unspecified atom stereocenters. The zero-order valence-corrected chi connectivity index (χ0v) is 23.4. The molecule has 0 bridgehead atoms. The van der Waals surface area contributed by atoms with Crippen LogP contribution in [0.25, 0.3) is 6.08 Å². The number of hydrogen-bond donors (Lipinski definition) is 1. The van der Waals surface area contributed by atoms with Gasteiger partial charge in [-0.1, -0.05) is 35.9 Å². The van der Waals surface area contributed by atoms with E-state index in [9.17, 15) is 22.8 Å². The third-order valence-electron chi connectivity index (χ3n) is 5.67. The largest absolute Gasteiger partial charge is 0.493 e. The van der Waals surface area contributed by atoms with Crippen LogP contribution in [-0.2, 0) is 26.3 Å². The molecule has 12 heteroatoms. The minimum absolute atomic E-state index is 0.00586. The molecule has 3 amide bonds. The molecule has 1 saturated heterocycles. The number of hydrogen-bond acceptors (Lipinski definition) is 8. The summed E-state index contributed by atoms with van der Waals surface area (Å²) < 4.78 is 36.4. The summed E-state index contributed by atoms with van der Waals surface area (Å²) in [6.45, 7) is 3.39. The third-order valence-corrected chi connectivity index (χ3v) is 8.09. The lowest BCUT2D eigenvalue weighted by Gasteiger charge is -2.14. The minimum Gasteiger partial charge on any atom is -0.493 e. The molecule has 202 valence electrons. The summed E-state index contributed by atoms with van der Waals surface area (Å²) in [5, 5.41) is 2.06. The van der Waals surface area contributed by atoms with E-state index in [-0.39, 0.29) is 38.8 Å². The van der Waals surface area contributed by atoms with E-state index in [0.29, 0.717) is 11.3 Å². The second-order valence-corrected chi connectivity index (χ2v) is 11.4. The number of carbonyl (C=O) groups is 3. The molecular formula is C27H23ClN2O7S2. The van der Waals surface area contributed by atoms with Crippen LogP contribution in [0.1, 0.15) is 23.6 Å². The molecule has 3 aromatic rings. The molecule has 1 aliphatic rings. The van der Waals surface area contributed by atoms with E-state index < -0.39 is 21.3 Å². The summed E-state index contributed by atoms with van der Waals surface area (Å²) in [5.74, 6) is -0.982.